The molecule has 2 aromatic heterocycles. The van der Waals surface area contributed by atoms with Gasteiger partial charge in [0.05, 0.1) is 14.7 Å². The number of hydrogen-bond acceptors (Lipinski definition) is 3. The van der Waals surface area contributed by atoms with Crippen molar-refractivity contribution in [2.45, 2.75) is 6.04 Å². The Morgan fingerprint density at radius 1 is 1.16 bits per heavy atom. The van der Waals surface area contributed by atoms with E-state index in [-0.39, 0.29) is 6.04 Å². The highest BCUT2D eigenvalue weighted by molar-refractivity contribution is 7.20. The van der Waals surface area contributed by atoms with Gasteiger partial charge < -0.3 is 5.32 Å². The molecule has 0 aliphatic carbocycles. The number of benzene rings is 1. The number of halogens is 2. The minimum Gasteiger partial charge on any atom is -0.309 e. The third-order valence-electron chi connectivity index (χ3n) is 3.10. The second kappa shape index (κ2) is 5.43. The van der Waals surface area contributed by atoms with Crippen LogP contribution < -0.4 is 5.32 Å². The fourth-order valence-electron chi connectivity index (χ4n) is 2.27. The molecule has 1 unspecified atom stereocenters. The Morgan fingerprint density at radius 3 is 2.68 bits per heavy atom. The number of thiophene rings is 2. The second-order valence-corrected chi connectivity index (χ2v) is 7.39. The molecule has 1 atom stereocenters. The molecule has 3 rings (SSSR count). The maximum atomic E-state index is 6.29. The fourth-order valence-corrected chi connectivity index (χ4v) is 4.75. The van der Waals surface area contributed by atoms with Crippen molar-refractivity contribution in [1.29, 1.82) is 0 Å². The van der Waals surface area contributed by atoms with Crippen LogP contribution in [0.4, 0.5) is 0 Å². The standard InChI is InChI=1S/C14H11Cl2NS2/c1-17-12(10-7-11(15)19-14(10)16)9-4-2-3-8-5-6-18-13(8)9/h2-7,12,17H,1H3. The normalized spacial score (nSPS) is 13.0. The molecule has 3 aromatic rings. The van der Waals surface area contributed by atoms with E-state index in [4.69, 9.17) is 23.2 Å². The Hall–Kier alpha value is -0.580. The van der Waals surface area contributed by atoms with Crippen molar-refractivity contribution in [3.05, 3.63) is 55.5 Å². The van der Waals surface area contributed by atoms with Crippen LogP contribution in [0.25, 0.3) is 10.1 Å². The topological polar surface area (TPSA) is 12.0 Å². The molecule has 19 heavy (non-hydrogen) atoms. The quantitative estimate of drug-likeness (QED) is 0.662. The predicted molar refractivity (Wildman–Crippen MR) is 87.1 cm³/mol. The summed E-state index contributed by atoms with van der Waals surface area (Å²) in [4.78, 5) is 0. The van der Waals surface area contributed by atoms with Crippen LogP contribution in [-0.4, -0.2) is 7.05 Å². The van der Waals surface area contributed by atoms with E-state index in [0.717, 1.165) is 14.2 Å². The fraction of sp³-hybridized carbons (Fsp3) is 0.143. The Labute approximate surface area is 129 Å². The Morgan fingerprint density at radius 2 is 2.00 bits per heavy atom. The molecule has 0 aliphatic rings. The molecule has 1 N–H and O–H groups in total. The summed E-state index contributed by atoms with van der Waals surface area (Å²) in [5.74, 6) is 0. The molecule has 0 spiro atoms. The molecule has 1 aromatic carbocycles. The lowest BCUT2D eigenvalue weighted by Gasteiger charge is -2.17. The zero-order chi connectivity index (χ0) is 13.4. The molecule has 0 bridgehead atoms. The summed E-state index contributed by atoms with van der Waals surface area (Å²) in [5, 5.41) is 6.72. The van der Waals surface area contributed by atoms with E-state index in [9.17, 15) is 0 Å². The number of nitrogens with one attached hydrogen (secondary N) is 1. The number of hydrogen-bond donors (Lipinski definition) is 1. The monoisotopic (exact) mass is 327 g/mol. The van der Waals surface area contributed by atoms with E-state index in [1.54, 1.807) is 11.3 Å². The average Bonchev–Trinajstić information content (AvgIpc) is 2.98. The van der Waals surface area contributed by atoms with Crippen molar-refractivity contribution in [2.24, 2.45) is 0 Å². The minimum atomic E-state index is 0.0681. The third-order valence-corrected chi connectivity index (χ3v) is 5.60. The highest BCUT2D eigenvalue weighted by Crippen LogP contribution is 2.39. The summed E-state index contributed by atoms with van der Waals surface area (Å²) in [6, 6.07) is 10.5. The van der Waals surface area contributed by atoms with Crippen LogP contribution in [0.2, 0.25) is 8.67 Å². The van der Waals surface area contributed by atoms with Gasteiger partial charge in [0.2, 0.25) is 0 Å². The largest absolute Gasteiger partial charge is 0.309 e. The molecule has 5 heteroatoms. The maximum absolute atomic E-state index is 6.29. The van der Waals surface area contributed by atoms with Crippen LogP contribution in [0.5, 0.6) is 0 Å². The van der Waals surface area contributed by atoms with E-state index in [0.29, 0.717) is 0 Å². The lowest BCUT2D eigenvalue weighted by molar-refractivity contribution is 0.700. The van der Waals surface area contributed by atoms with Crippen molar-refractivity contribution >= 4 is 56.0 Å². The molecule has 0 amide bonds. The molecular weight excluding hydrogens is 317 g/mol. The van der Waals surface area contributed by atoms with Gasteiger partial charge in [0.1, 0.15) is 0 Å². The molecule has 0 saturated heterocycles. The van der Waals surface area contributed by atoms with Crippen molar-refractivity contribution in [1.82, 2.24) is 5.32 Å². The zero-order valence-corrected chi connectivity index (χ0v) is 13.3. The van der Waals surface area contributed by atoms with Gasteiger partial charge in [-0.15, -0.1) is 22.7 Å². The third kappa shape index (κ3) is 2.41. The average molecular weight is 328 g/mol. The summed E-state index contributed by atoms with van der Waals surface area (Å²) < 4.78 is 2.76. The van der Waals surface area contributed by atoms with Gasteiger partial charge >= 0.3 is 0 Å². The Bertz CT molecular complexity index is 717. The van der Waals surface area contributed by atoms with Crippen LogP contribution in [0.15, 0.2) is 35.7 Å². The lowest BCUT2D eigenvalue weighted by atomic mass is 10.0. The first-order valence-electron chi connectivity index (χ1n) is 5.79. The van der Waals surface area contributed by atoms with Gasteiger partial charge in [-0.1, -0.05) is 41.4 Å². The Kier molecular flexibility index (Phi) is 3.83. The van der Waals surface area contributed by atoms with Crippen molar-refractivity contribution in [3.63, 3.8) is 0 Å². The van der Waals surface area contributed by atoms with Gasteiger partial charge in [-0.3, -0.25) is 0 Å². The van der Waals surface area contributed by atoms with Crippen LogP contribution >= 0.6 is 45.9 Å². The second-order valence-electron chi connectivity index (χ2n) is 4.19. The van der Waals surface area contributed by atoms with Gasteiger partial charge in [0.15, 0.2) is 0 Å². The molecule has 0 saturated carbocycles. The van der Waals surface area contributed by atoms with E-state index >= 15 is 0 Å². The summed E-state index contributed by atoms with van der Waals surface area (Å²) in [5.41, 5.74) is 2.28. The minimum absolute atomic E-state index is 0.0681. The Balaban J connectivity index is 2.17. The molecule has 1 nitrogen and oxygen atoms in total. The first-order valence-corrected chi connectivity index (χ1v) is 8.24. The van der Waals surface area contributed by atoms with Gasteiger partial charge in [-0.25, -0.2) is 0 Å². The van der Waals surface area contributed by atoms with E-state index in [1.807, 2.05) is 13.1 Å². The summed E-state index contributed by atoms with van der Waals surface area (Å²) in [7, 11) is 1.94. The molecule has 0 radical (unpaired) electrons. The van der Waals surface area contributed by atoms with Crippen LogP contribution in [-0.2, 0) is 0 Å². The number of fused-ring (bicyclic) bond motifs is 1. The SMILES string of the molecule is CNC(c1cc(Cl)sc1Cl)c1cccc2ccsc12. The smallest absolute Gasteiger partial charge is 0.0995 e. The van der Waals surface area contributed by atoms with Crippen molar-refractivity contribution in [2.75, 3.05) is 7.05 Å². The number of rotatable bonds is 3. The highest BCUT2D eigenvalue weighted by Gasteiger charge is 2.20. The first-order chi connectivity index (χ1) is 9.20. The first kappa shape index (κ1) is 13.4. The van der Waals surface area contributed by atoms with E-state index < -0.39 is 0 Å². The van der Waals surface area contributed by atoms with Crippen LogP contribution in [0, 0.1) is 0 Å². The zero-order valence-electron chi connectivity index (χ0n) is 10.1. The highest BCUT2D eigenvalue weighted by atomic mass is 35.5. The summed E-state index contributed by atoms with van der Waals surface area (Å²) >= 11 is 15.5. The van der Waals surface area contributed by atoms with Crippen LogP contribution in [0.3, 0.4) is 0 Å². The molecule has 98 valence electrons. The van der Waals surface area contributed by atoms with E-state index in [2.05, 4.69) is 35.0 Å². The molecule has 2 heterocycles. The molecule has 0 aliphatic heterocycles. The van der Waals surface area contributed by atoms with E-state index in [1.165, 1.54) is 27.0 Å². The molecule has 0 fully saturated rings. The summed E-state index contributed by atoms with van der Waals surface area (Å²) in [6.07, 6.45) is 0. The molecular formula is C14H11Cl2NS2. The maximum Gasteiger partial charge on any atom is 0.0995 e. The predicted octanol–water partition coefficient (Wildman–Crippen LogP) is 5.58. The van der Waals surface area contributed by atoms with Gasteiger partial charge in [-0.05, 0) is 35.5 Å². The van der Waals surface area contributed by atoms with Gasteiger partial charge in [0, 0.05) is 10.3 Å². The van der Waals surface area contributed by atoms with Crippen molar-refractivity contribution < 1.29 is 0 Å². The lowest BCUT2D eigenvalue weighted by Crippen LogP contribution is -2.17. The van der Waals surface area contributed by atoms with Gasteiger partial charge in [0.25, 0.3) is 0 Å². The van der Waals surface area contributed by atoms with Crippen LogP contribution in [0.1, 0.15) is 17.2 Å². The van der Waals surface area contributed by atoms with Gasteiger partial charge in [-0.2, -0.15) is 0 Å². The summed E-state index contributed by atoms with van der Waals surface area (Å²) in [6.45, 7) is 0. The van der Waals surface area contributed by atoms with Crippen molar-refractivity contribution in [3.8, 4) is 0 Å².